The summed E-state index contributed by atoms with van der Waals surface area (Å²) < 4.78 is 5.16. The minimum Gasteiger partial charge on any atom is -0.497 e. The van der Waals surface area contributed by atoms with E-state index in [1.807, 2.05) is 23.9 Å². The maximum atomic E-state index is 5.16. The quantitative estimate of drug-likeness (QED) is 0.826. The van der Waals surface area contributed by atoms with E-state index in [0.29, 0.717) is 6.04 Å². The van der Waals surface area contributed by atoms with Crippen molar-refractivity contribution >= 4 is 29.3 Å². The van der Waals surface area contributed by atoms with Crippen LogP contribution in [0.5, 0.6) is 5.75 Å². The normalized spacial score (nSPS) is 21.8. The Morgan fingerprint density at radius 2 is 2.12 bits per heavy atom. The SMILES string of the molecule is COc1ccc(C2CN3CCSC3=N2)cc1.Cl. The molecule has 1 aromatic carbocycles. The van der Waals surface area contributed by atoms with Crippen LogP contribution in [0.1, 0.15) is 11.6 Å². The van der Waals surface area contributed by atoms with Crippen molar-refractivity contribution in [1.29, 1.82) is 0 Å². The van der Waals surface area contributed by atoms with E-state index >= 15 is 0 Å². The van der Waals surface area contributed by atoms with Gasteiger partial charge in [0.15, 0.2) is 5.17 Å². The molecule has 92 valence electrons. The predicted octanol–water partition coefficient (Wildman–Crippen LogP) is 2.58. The molecule has 3 rings (SSSR count). The Hall–Kier alpha value is -0.870. The molecule has 1 fully saturated rings. The van der Waals surface area contributed by atoms with Gasteiger partial charge in [-0.2, -0.15) is 0 Å². The van der Waals surface area contributed by atoms with Crippen molar-refractivity contribution in [2.75, 3.05) is 26.0 Å². The maximum Gasteiger partial charge on any atom is 0.160 e. The van der Waals surface area contributed by atoms with E-state index in [-0.39, 0.29) is 12.4 Å². The van der Waals surface area contributed by atoms with Gasteiger partial charge in [0.2, 0.25) is 0 Å². The molecule has 2 aliphatic heterocycles. The van der Waals surface area contributed by atoms with Crippen molar-refractivity contribution in [3.05, 3.63) is 29.8 Å². The molecule has 1 aromatic rings. The third-order valence-electron chi connectivity index (χ3n) is 3.02. The van der Waals surface area contributed by atoms with E-state index in [0.717, 1.165) is 18.8 Å². The van der Waals surface area contributed by atoms with Crippen molar-refractivity contribution in [2.45, 2.75) is 6.04 Å². The number of amidine groups is 1. The molecule has 1 atom stereocenters. The molecule has 5 heteroatoms. The van der Waals surface area contributed by atoms with E-state index in [1.54, 1.807) is 7.11 Å². The molecule has 0 spiro atoms. The molecule has 1 unspecified atom stereocenters. The highest BCUT2D eigenvalue weighted by molar-refractivity contribution is 8.14. The number of methoxy groups -OCH3 is 1. The monoisotopic (exact) mass is 270 g/mol. The fourth-order valence-corrected chi connectivity index (χ4v) is 3.16. The number of fused-ring (bicyclic) bond motifs is 1. The standard InChI is InChI=1S/C12H14N2OS.ClH/c1-15-10-4-2-9(3-5-10)11-8-14-6-7-16-12(14)13-11;/h2-5,11H,6-8H2,1H3;1H. The molecular weight excluding hydrogens is 256 g/mol. The summed E-state index contributed by atoms with van der Waals surface area (Å²) in [5, 5.41) is 1.22. The topological polar surface area (TPSA) is 24.8 Å². The average Bonchev–Trinajstić information content (AvgIpc) is 2.89. The number of hydrogen-bond donors (Lipinski definition) is 0. The molecule has 0 N–H and O–H groups in total. The van der Waals surface area contributed by atoms with Crippen LogP contribution in [0.4, 0.5) is 0 Å². The second-order valence-electron chi connectivity index (χ2n) is 4.00. The van der Waals surface area contributed by atoms with Crippen LogP contribution in [-0.2, 0) is 0 Å². The van der Waals surface area contributed by atoms with E-state index < -0.39 is 0 Å². The van der Waals surface area contributed by atoms with Gasteiger partial charge in [-0.25, -0.2) is 0 Å². The summed E-state index contributed by atoms with van der Waals surface area (Å²) in [6, 6.07) is 8.55. The number of ether oxygens (including phenoxy) is 1. The van der Waals surface area contributed by atoms with Crippen LogP contribution in [0, 0.1) is 0 Å². The predicted molar refractivity (Wildman–Crippen MR) is 74.4 cm³/mol. The number of hydrogen-bond acceptors (Lipinski definition) is 4. The minimum absolute atomic E-state index is 0. The number of rotatable bonds is 2. The third kappa shape index (κ3) is 2.38. The smallest absolute Gasteiger partial charge is 0.160 e. The molecule has 0 radical (unpaired) electrons. The van der Waals surface area contributed by atoms with Gasteiger partial charge in [-0.1, -0.05) is 23.9 Å². The summed E-state index contributed by atoms with van der Waals surface area (Å²) in [5.41, 5.74) is 1.28. The molecule has 0 saturated carbocycles. The molecule has 2 heterocycles. The fraction of sp³-hybridized carbons (Fsp3) is 0.417. The summed E-state index contributed by atoms with van der Waals surface area (Å²) in [7, 11) is 1.69. The Morgan fingerprint density at radius 3 is 2.76 bits per heavy atom. The zero-order valence-electron chi connectivity index (χ0n) is 9.63. The number of benzene rings is 1. The Morgan fingerprint density at radius 1 is 1.35 bits per heavy atom. The van der Waals surface area contributed by atoms with Crippen molar-refractivity contribution in [3.8, 4) is 5.75 Å². The first-order chi connectivity index (χ1) is 7.86. The summed E-state index contributed by atoms with van der Waals surface area (Å²) in [4.78, 5) is 7.12. The zero-order chi connectivity index (χ0) is 11.0. The van der Waals surface area contributed by atoms with E-state index in [9.17, 15) is 0 Å². The molecular formula is C12H15ClN2OS. The third-order valence-corrected chi connectivity index (χ3v) is 4.03. The lowest BCUT2D eigenvalue weighted by molar-refractivity contribution is 0.414. The van der Waals surface area contributed by atoms with Crippen LogP contribution < -0.4 is 4.74 Å². The van der Waals surface area contributed by atoms with Crippen LogP contribution in [0.25, 0.3) is 0 Å². The average molecular weight is 271 g/mol. The van der Waals surface area contributed by atoms with Gasteiger partial charge < -0.3 is 9.64 Å². The summed E-state index contributed by atoms with van der Waals surface area (Å²) in [6.07, 6.45) is 0. The second kappa shape index (κ2) is 5.19. The highest BCUT2D eigenvalue weighted by atomic mass is 35.5. The van der Waals surface area contributed by atoms with Gasteiger partial charge in [0.1, 0.15) is 5.75 Å². The van der Waals surface area contributed by atoms with Crippen LogP contribution in [0.2, 0.25) is 0 Å². The second-order valence-corrected chi connectivity index (χ2v) is 5.06. The Balaban J connectivity index is 0.00000108. The lowest BCUT2D eigenvalue weighted by Crippen LogP contribution is -2.21. The number of halogens is 1. The van der Waals surface area contributed by atoms with Crippen LogP contribution in [-0.4, -0.2) is 36.0 Å². The molecule has 0 aliphatic carbocycles. The van der Waals surface area contributed by atoms with Crippen molar-refractivity contribution in [1.82, 2.24) is 4.90 Å². The summed E-state index contributed by atoms with van der Waals surface area (Å²) in [6.45, 7) is 2.19. The molecule has 17 heavy (non-hydrogen) atoms. The molecule has 0 amide bonds. The van der Waals surface area contributed by atoms with Crippen LogP contribution in [0.15, 0.2) is 29.3 Å². The van der Waals surface area contributed by atoms with Gasteiger partial charge in [-0.15, -0.1) is 12.4 Å². The highest BCUT2D eigenvalue weighted by Crippen LogP contribution is 2.32. The lowest BCUT2D eigenvalue weighted by Gasteiger charge is -2.12. The summed E-state index contributed by atoms with van der Waals surface area (Å²) in [5.74, 6) is 2.10. The van der Waals surface area contributed by atoms with Gasteiger partial charge in [0.25, 0.3) is 0 Å². The van der Waals surface area contributed by atoms with Crippen LogP contribution >= 0.6 is 24.2 Å². The highest BCUT2D eigenvalue weighted by Gasteiger charge is 2.29. The fourth-order valence-electron chi connectivity index (χ4n) is 2.11. The minimum atomic E-state index is 0. The lowest BCUT2D eigenvalue weighted by atomic mass is 10.1. The Kier molecular flexibility index (Phi) is 3.84. The molecule has 1 saturated heterocycles. The Labute approximate surface area is 112 Å². The van der Waals surface area contributed by atoms with Crippen molar-refractivity contribution in [3.63, 3.8) is 0 Å². The first-order valence-corrected chi connectivity index (χ1v) is 6.45. The van der Waals surface area contributed by atoms with Gasteiger partial charge >= 0.3 is 0 Å². The molecule has 2 aliphatic rings. The number of thioether (sulfide) groups is 1. The maximum absolute atomic E-state index is 5.16. The van der Waals surface area contributed by atoms with E-state index in [1.165, 1.54) is 16.5 Å². The van der Waals surface area contributed by atoms with Crippen molar-refractivity contribution < 1.29 is 4.74 Å². The van der Waals surface area contributed by atoms with Gasteiger partial charge in [0, 0.05) is 18.8 Å². The van der Waals surface area contributed by atoms with Gasteiger partial charge in [0.05, 0.1) is 13.2 Å². The Bertz CT molecular complexity index is 421. The first-order valence-electron chi connectivity index (χ1n) is 5.46. The van der Waals surface area contributed by atoms with Crippen LogP contribution in [0.3, 0.4) is 0 Å². The zero-order valence-corrected chi connectivity index (χ0v) is 11.3. The molecule has 0 bridgehead atoms. The summed E-state index contributed by atoms with van der Waals surface area (Å²) >= 11 is 1.87. The molecule has 0 aromatic heterocycles. The van der Waals surface area contributed by atoms with E-state index in [2.05, 4.69) is 17.0 Å². The van der Waals surface area contributed by atoms with Gasteiger partial charge in [-0.3, -0.25) is 4.99 Å². The van der Waals surface area contributed by atoms with Crippen molar-refractivity contribution in [2.24, 2.45) is 4.99 Å². The molecule has 3 nitrogen and oxygen atoms in total. The van der Waals surface area contributed by atoms with E-state index in [4.69, 9.17) is 9.73 Å². The largest absolute Gasteiger partial charge is 0.497 e. The number of aliphatic imine (C=N–C) groups is 1. The number of nitrogens with zero attached hydrogens (tertiary/aromatic N) is 2. The first kappa shape index (κ1) is 12.6. The van der Waals surface area contributed by atoms with Gasteiger partial charge in [-0.05, 0) is 17.7 Å².